The summed E-state index contributed by atoms with van der Waals surface area (Å²) in [6.07, 6.45) is 0. The Kier molecular flexibility index (Phi) is 4.21. The molecule has 1 aromatic carbocycles. The molecule has 0 atom stereocenters. The maximum atomic E-state index is 10.9. The average Bonchev–Trinajstić information content (AvgIpc) is 2.73. The van der Waals surface area contributed by atoms with Crippen LogP contribution in [0.1, 0.15) is 5.56 Å². The van der Waals surface area contributed by atoms with Gasteiger partial charge in [-0.05, 0) is 45.1 Å². The number of nitro benzene ring substituents is 1. The van der Waals surface area contributed by atoms with Crippen LogP contribution in [0.25, 0.3) is 0 Å². The lowest BCUT2D eigenvalue weighted by Gasteiger charge is -2.06. The fourth-order valence-electron chi connectivity index (χ4n) is 1.44. The topological polar surface area (TPSA) is 55.2 Å². The summed E-state index contributed by atoms with van der Waals surface area (Å²) < 4.78 is 1.03. The molecule has 7 heteroatoms. The van der Waals surface area contributed by atoms with E-state index in [1.54, 1.807) is 23.5 Å². The zero-order valence-corrected chi connectivity index (χ0v) is 12.2. The van der Waals surface area contributed by atoms with Crippen molar-refractivity contribution in [1.82, 2.24) is 0 Å². The molecule has 0 radical (unpaired) electrons. The molecule has 0 bridgehead atoms. The van der Waals surface area contributed by atoms with Crippen LogP contribution in [0.15, 0.2) is 33.4 Å². The van der Waals surface area contributed by atoms with Crippen LogP contribution in [-0.4, -0.2) is 4.92 Å². The largest absolute Gasteiger partial charge is 0.375 e. The van der Waals surface area contributed by atoms with Crippen LogP contribution >= 0.6 is 38.9 Å². The van der Waals surface area contributed by atoms with Crippen molar-refractivity contribution in [2.24, 2.45) is 0 Å². The first kappa shape index (κ1) is 13.3. The molecule has 2 aromatic rings. The van der Waals surface area contributed by atoms with Crippen molar-refractivity contribution < 1.29 is 4.92 Å². The van der Waals surface area contributed by atoms with Crippen molar-refractivity contribution in [1.29, 1.82) is 0 Å². The molecule has 0 aliphatic rings. The highest BCUT2D eigenvalue weighted by Crippen LogP contribution is 2.29. The van der Waals surface area contributed by atoms with Crippen LogP contribution < -0.4 is 5.32 Å². The quantitative estimate of drug-likeness (QED) is 0.645. The van der Waals surface area contributed by atoms with E-state index in [1.807, 2.05) is 11.4 Å². The SMILES string of the molecule is O=[N+]([O-])c1cc(Cl)ccc1NCc1csc(Br)c1. The van der Waals surface area contributed by atoms with Crippen molar-refractivity contribution >= 4 is 50.2 Å². The normalized spacial score (nSPS) is 10.3. The number of hydrogen-bond donors (Lipinski definition) is 1. The molecule has 0 aliphatic heterocycles. The molecule has 0 saturated heterocycles. The maximum absolute atomic E-state index is 10.9. The summed E-state index contributed by atoms with van der Waals surface area (Å²) in [5, 5.41) is 16.3. The summed E-state index contributed by atoms with van der Waals surface area (Å²) >= 11 is 10.7. The van der Waals surface area contributed by atoms with Gasteiger partial charge in [-0.1, -0.05) is 11.6 Å². The van der Waals surface area contributed by atoms with Crippen molar-refractivity contribution in [3.63, 3.8) is 0 Å². The number of nitrogens with one attached hydrogen (secondary N) is 1. The molecule has 0 spiro atoms. The van der Waals surface area contributed by atoms with E-state index in [4.69, 9.17) is 11.6 Å². The number of halogens is 2. The second kappa shape index (κ2) is 5.69. The average molecular weight is 348 g/mol. The summed E-state index contributed by atoms with van der Waals surface area (Å²) in [5.74, 6) is 0. The van der Waals surface area contributed by atoms with Gasteiger partial charge < -0.3 is 5.32 Å². The number of nitro groups is 1. The third-order valence-electron chi connectivity index (χ3n) is 2.26. The van der Waals surface area contributed by atoms with Gasteiger partial charge in [0.1, 0.15) is 5.69 Å². The highest BCUT2D eigenvalue weighted by atomic mass is 79.9. The van der Waals surface area contributed by atoms with E-state index < -0.39 is 4.92 Å². The minimum Gasteiger partial charge on any atom is -0.375 e. The summed E-state index contributed by atoms with van der Waals surface area (Å²) in [6, 6.07) is 6.55. The summed E-state index contributed by atoms with van der Waals surface area (Å²) in [5.41, 5.74) is 1.51. The molecule has 1 N–H and O–H groups in total. The second-order valence-electron chi connectivity index (χ2n) is 3.53. The van der Waals surface area contributed by atoms with Gasteiger partial charge in [-0.3, -0.25) is 10.1 Å². The number of thiophene rings is 1. The lowest BCUT2D eigenvalue weighted by molar-refractivity contribution is -0.383. The van der Waals surface area contributed by atoms with Gasteiger partial charge in [0, 0.05) is 17.6 Å². The number of hydrogen-bond acceptors (Lipinski definition) is 4. The molecular formula is C11H8BrClN2O2S. The first-order valence-corrected chi connectivity index (χ1v) is 7.02. The summed E-state index contributed by atoms with van der Waals surface area (Å²) in [6.45, 7) is 0.532. The van der Waals surface area contributed by atoms with E-state index in [9.17, 15) is 10.1 Å². The smallest absolute Gasteiger partial charge is 0.293 e. The van der Waals surface area contributed by atoms with E-state index in [0.29, 0.717) is 17.3 Å². The van der Waals surface area contributed by atoms with Gasteiger partial charge in [-0.2, -0.15) is 0 Å². The number of rotatable bonds is 4. The lowest BCUT2D eigenvalue weighted by Crippen LogP contribution is -2.01. The molecule has 2 rings (SSSR count). The highest BCUT2D eigenvalue weighted by molar-refractivity contribution is 9.11. The molecule has 0 unspecified atom stereocenters. The van der Waals surface area contributed by atoms with Crippen LogP contribution in [0.4, 0.5) is 11.4 Å². The highest BCUT2D eigenvalue weighted by Gasteiger charge is 2.13. The molecule has 4 nitrogen and oxygen atoms in total. The Labute approximate surface area is 121 Å². The molecule has 0 amide bonds. The molecule has 0 saturated carbocycles. The molecule has 0 aliphatic carbocycles. The van der Waals surface area contributed by atoms with E-state index in [2.05, 4.69) is 21.2 Å². The van der Waals surface area contributed by atoms with Gasteiger partial charge in [-0.25, -0.2) is 0 Å². The van der Waals surface area contributed by atoms with Gasteiger partial charge >= 0.3 is 0 Å². The van der Waals surface area contributed by atoms with Gasteiger partial charge in [0.05, 0.1) is 8.71 Å². The number of nitrogens with zero attached hydrogens (tertiary/aromatic N) is 1. The number of benzene rings is 1. The van der Waals surface area contributed by atoms with Crippen LogP contribution in [0.2, 0.25) is 5.02 Å². The monoisotopic (exact) mass is 346 g/mol. The molecule has 1 heterocycles. The molecule has 18 heavy (non-hydrogen) atoms. The third kappa shape index (κ3) is 3.22. The van der Waals surface area contributed by atoms with E-state index in [-0.39, 0.29) is 5.69 Å². The molecule has 94 valence electrons. The van der Waals surface area contributed by atoms with Gasteiger partial charge in [0.25, 0.3) is 5.69 Å². The second-order valence-corrected chi connectivity index (χ2v) is 6.26. The first-order chi connectivity index (χ1) is 8.56. The minimum atomic E-state index is -0.447. The van der Waals surface area contributed by atoms with Crippen molar-refractivity contribution in [3.05, 3.63) is 54.1 Å². The zero-order valence-electron chi connectivity index (χ0n) is 9.02. The third-order valence-corrected chi connectivity index (χ3v) is 4.05. The van der Waals surface area contributed by atoms with Crippen LogP contribution in [0.3, 0.4) is 0 Å². The number of anilines is 1. The Morgan fingerprint density at radius 1 is 1.44 bits per heavy atom. The van der Waals surface area contributed by atoms with Gasteiger partial charge in [0.2, 0.25) is 0 Å². The molecule has 1 aromatic heterocycles. The van der Waals surface area contributed by atoms with Gasteiger partial charge in [-0.15, -0.1) is 11.3 Å². The van der Waals surface area contributed by atoms with E-state index >= 15 is 0 Å². The Bertz CT molecular complexity index is 588. The van der Waals surface area contributed by atoms with Crippen LogP contribution in [0, 0.1) is 10.1 Å². The van der Waals surface area contributed by atoms with E-state index in [0.717, 1.165) is 9.35 Å². The summed E-state index contributed by atoms with van der Waals surface area (Å²) in [7, 11) is 0. The van der Waals surface area contributed by atoms with Crippen LogP contribution in [0.5, 0.6) is 0 Å². The first-order valence-electron chi connectivity index (χ1n) is 4.97. The Morgan fingerprint density at radius 2 is 2.22 bits per heavy atom. The maximum Gasteiger partial charge on any atom is 0.293 e. The van der Waals surface area contributed by atoms with Crippen LogP contribution in [-0.2, 0) is 6.54 Å². The standard InChI is InChI=1S/C11H8BrClN2O2S/c12-11-3-7(6-18-11)5-14-9-2-1-8(13)4-10(9)15(16)17/h1-4,6,14H,5H2. The van der Waals surface area contributed by atoms with Crippen molar-refractivity contribution in [2.75, 3.05) is 5.32 Å². The fourth-order valence-corrected chi connectivity index (χ4v) is 2.82. The Balaban J connectivity index is 2.16. The molecular weight excluding hydrogens is 340 g/mol. The minimum absolute atomic E-state index is 0.0169. The Morgan fingerprint density at radius 3 is 2.83 bits per heavy atom. The van der Waals surface area contributed by atoms with Crippen molar-refractivity contribution in [3.8, 4) is 0 Å². The lowest BCUT2D eigenvalue weighted by atomic mass is 10.2. The molecule has 0 fully saturated rings. The predicted molar refractivity (Wildman–Crippen MR) is 77.5 cm³/mol. The summed E-state index contributed by atoms with van der Waals surface area (Å²) in [4.78, 5) is 10.4. The van der Waals surface area contributed by atoms with Gasteiger partial charge in [0.15, 0.2) is 0 Å². The zero-order chi connectivity index (χ0) is 13.1. The van der Waals surface area contributed by atoms with Crippen molar-refractivity contribution in [2.45, 2.75) is 6.54 Å². The predicted octanol–water partition coefficient (Wildman–Crippen LogP) is 4.68. The van der Waals surface area contributed by atoms with E-state index in [1.165, 1.54) is 6.07 Å². The fraction of sp³-hybridized carbons (Fsp3) is 0.0909. The Hall–Kier alpha value is -1.11.